The number of carbonyl (C=O) groups is 1. The molecule has 1 aliphatic rings. The number of rotatable bonds is 8. The third-order valence-electron chi connectivity index (χ3n) is 6.11. The summed E-state index contributed by atoms with van der Waals surface area (Å²) in [5.74, 6) is 2.73. The molecule has 0 bridgehead atoms. The van der Waals surface area contributed by atoms with E-state index in [-0.39, 0.29) is 11.8 Å². The highest BCUT2D eigenvalue weighted by atomic mass is 16.5. The fourth-order valence-corrected chi connectivity index (χ4v) is 4.18. The fraction of sp³-hybridized carbons (Fsp3) is 0.346. The topological polar surface area (TPSA) is 76.6 Å². The Labute approximate surface area is 194 Å². The van der Waals surface area contributed by atoms with Crippen molar-refractivity contribution in [3.05, 3.63) is 66.5 Å². The van der Waals surface area contributed by atoms with Gasteiger partial charge in [-0.15, -0.1) is 0 Å². The van der Waals surface area contributed by atoms with E-state index in [1.165, 1.54) is 0 Å². The Kier molecular flexibility index (Phi) is 7.40. The third kappa shape index (κ3) is 5.61. The third-order valence-corrected chi connectivity index (χ3v) is 6.11. The van der Waals surface area contributed by atoms with Crippen LogP contribution in [0.25, 0.3) is 11.3 Å². The van der Waals surface area contributed by atoms with E-state index in [2.05, 4.69) is 20.2 Å². The summed E-state index contributed by atoms with van der Waals surface area (Å²) >= 11 is 0. The summed E-state index contributed by atoms with van der Waals surface area (Å²) in [4.78, 5) is 23.8. The van der Waals surface area contributed by atoms with Crippen molar-refractivity contribution < 1.29 is 14.3 Å². The molecule has 0 atom stereocenters. The molecule has 1 N–H and O–H groups in total. The Hall–Kier alpha value is -3.61. The summed E-state index contributed by atoms with van der Waals surface area (Å²) in [5.41, 5.74) is 2.99. The van der Waals surface area contributed by atoms with Gasteiger partial charge in [-0.05, 0) is 55.2 Å². The quantitative estimate of drug-likeness (QED) is 0.568. The van der Waals surface area contributed by atoms with Crippen molar-refractivity contribution in [1.29, 1.82) is 0 Å². The second-order valence-electron chi connectivity index (χ2n) is 8.10. The maximum Gasteiger partial charge on any atom is 0.223 e. The molecule has 0 spiro atoms. The second-order valence-corrected chi connectivity index (χ2v) is 8.10. The van der Waals surface area contributed by atoms with Crippen LogP contribution in [-0.4, -0.2) is 49.7 Å². The summed E-state index contributed by atoms with van der Waals surface area (Å²) in [6.45, 7) is 2.20. The van der Waals surface area contributed by atoms with Crippen molar-refractivity contribution in [1.82, 2.24) is 15.3 Å². The van der Waals surface area contributed by atoms with Crippen LogP contribution in [0.15, 0.2) is 60.9 Å². The molecule has 172 valence electrons. The van der Waals surface area contributed by atoms with Crippen LogP contribution >= 0.6 is 0 Å². The molecule has 0 saturated carbocycles. The molecule has 0 unspecified atom stereocenters. The number of piperidine rings is 1. The summed E-state index contributed by atoms with van der Waals surface area (Å²) in [5, 5.41) is 3.10. The Morgan fingerprint density at radius 2 is 1.79 bits per heavy atom. The summed E-state index contributed by atoms with van der Waals surface area (Å²) in [6, 6.07) is 17.8. The zero-order valence-corrected chi connectivity index (χ0v) is 19.2. The first kappa shape index (κ1) is 22.6. The first-order chi connectivity index (χ1) is 16.2. The van der Waals surface area contributed by atoms with Gasteiger partial charge in [-0.3, -0.25) is 4.79 Å². The molecular formula is C26H30N4O3. The van der Waals surface area contributed by atoms with Gasteiger partial charge >= 0.3 is 0 Å². The number of carbonyl (C=O) groups excluding carboxylic acids is 1. The number of hydrogen-bond donors (Lipinski definition) is 1. The highest BCUT2D eigenvalue weighted by Crippen LogP contribution is 2.26. The number of nitrogens with one attached hydrogen (secondary N) is 1. The predicted octanol–water partition coefficient (Wildman–Crippen LogP) is 3.74. The highest BCUT2D eigenvalue weighted by Gasteiger charge is 2.25. The number of ether oxygens (including phenoxy) is 2. The average molecular weight is 447 g/mol. The van der Waals surface area contributed by atoms with Gasteiger partial charge in [-0.1, -0.05) is 18.2 Å². The molecule has 7 nitrogen and oxygen atoms in total. The van der Waals surface area contributed by atoms with Crippen LogP contribution in [0.2, 0.25) is 0 Å². The smallest absolute Gasteiger partial charge is 0.223 e. The Morgan fingerprint density at radius 3 is 2.52 bits per heavy atom. The number of nitrogens with zero attached hydrogens (tertiary/aromatic N) is 3. The van der Waals surface area contributed by atoms with Crippen molar-refractivity contribution in [2.75, 3.05) is 38.8 Å². The molecule has 1 aromatic heterocycles. The molecule has 33 heavy (non-hydrogen) atoms. The molecule has 2 aromatic carbocycles. The van der Waals surface area contributed by atoms with E-state index in [0.29, 0.717) is 6.54 Å². The maximum atomic E-state index is 12.7. The maximum absolute atomic E-state index is 12.7. The van der Waals surface area contributed by atoms with Gasteiger partial charge in [0.1, 0.15) is 23.6 Å². The lowest BCUT2D eigenvalue weighted by atomic mass is 9.95. The van der Waals surface area contributed by atoms with Gasteiger partial charge in [0.05, 0.1) is 19.9 Å². The lowest BCUT2D eigenvalue weighted by Crippen LogP contribution is -2.41. The van der Waals surface area contributed by atoms with E-state index in [1.807, 2.05) is 54.6 Å². The molecule has 0 radical (unpaired) electrons. The molecule has 1 amide bonds. The molecule has 3 aromatic rings. The second kappa shape index (κ2) is 10.8. The molecule has 0 aliphatic carbocycles. The average Bonchev–Trinajstić information content (AvgIpc) is 2.89. The Balaban J connectivity index is 1.29. The van der Waals surface area contributed by atoms with Gasteiger partial charge in [-0.2, -0.15) is 0 Å². The van der Waals surface area contributed by atoms with E-state index in [0.717, 1.165) is 66.5 Å². The largest absolute Gasteiger partial charge is 0.497 e. The van der Waals surface area contributed by atoms with E-state index < -0.39 is 0 Å². The van der Waals surface area contributed by atoms with Crippen LogP contribution in [-0.2, 0) is 11.2 Å². The van der Waals surface area contributed by atoms with Gasteiger partial charge < -0.3 is 19.7 Å². The fourth-order valence-electron chi connectivity index (χ4n) is 4.18. The number of methoxy groups -OCH3 is 2. The Morgan fingerprint density at radius 1 is 1.03 bits per heavy atom. The highest BCUT2D eigenvalue weighted by molar-refractivity contribution is 5.79. The van der Waals surface area contributed by atoms with Gasteiger partial charge in [-0.25, -0.2) is 9.97 Å². The molecular weight excluding hydrogens is 416 g/mol. The minimum atomic E-state index is 0.0295. The van der Waals surface area contributed by atoms with Gasteiger partial charge in [0, 0.05) is 37.2 Å². The summed E-state index contributed by atoms with van der Waals surface area (Å²) < 4.78 is 10.6. The van der Waals surface area contributed by atoms with Crippen LogP contribution in [0.5, 0.6) is 11.5 Å². The molecule has 2 heterocycles. The lowest BCUT2D eigenvalue weighted by molar-refractivity contribution is -0.125. The van der Waals surface area contributed by atoms with E-state index in [1.54, 1.807) is 20.5 Å². The molecule has 1 fully saturated rings. The summed E-state index contributed by atoms with van der Waals surface area (Å²) in [6.07, 6.45) is 3.97. The van der Waals surface area contributed by atoms with Crippen LogP contribution in [0.3, 0.4) is 0 Å². The standard InChI is InChI=1S/C26H30N4O3/c1-32-22-9-7-19(8-10-22)23-17-25(29-18-28-23)30-15-12-21(13-16-30)26(31)27-14-11-20-5-3-4-6-24(20)33-2/h3-10,17-18,21H,11-16H2,1-2H3,(H,27,31). The number of amides is 1. The van der Waals surface area contributed by atoms with E-state index in [4.69, 9.17) is 9.47 Å². The van der Waals surface area contributed by atoms with Crippen molar-refractivity contribution in [3.63, 3.8) is 0 Å². The number of aromatic nitrogens is 2. The first-order valence-electron chi connectivity index (χ1n) is 11.3. The normalized spacial score (nSPS) is 14.1. The molecule has 1 saturated heterocycles. The van der Waals surface area contributed by atoms with Crippen molar-refractivity contribution in [3.8, 4) is 22.8 Å². The SMILES string of the molecule is COc1ccc(-c2cc(N3CCC(C(=O)NCCc4ccccc4OC)CC3)ncn2)cc1. The van der Waals surface area contributed by atoms with Crippen LogP contribution < -0.4 is 19.7 Å². The monoisotopic (exact) mass is 446 g/mol. The van der Waals surface area contributed by atoms with Gasteiger partial charge in [0.15, 0.2) is 0 Å². The number of hydrogen-bond acceptors (Lipinski definition) is 6. The Bertz CT molecular complexity index is 1060. The summed E-state index contributed by atoms with van der Waals surface area (Å²) in [7, 11) is 3.32. The zero-order valence-electron chi connectivity index (χ0n) is 19.2. The van der Waals surface area contributed by atoms with Gasteiger partial charge in [0.25, 0.3) is 0 Å². The first-order valence-corrected chi connectivity index (χ1v) is 11.3. The van der Waals surface area contributed by atoms with Crippen molar-refractivity contribution >= 4 is 11.7 Å². The number of benzene rings is 2. The molecule has 4 rings (SSSR count). The number of para-hydroxylation sites is 1. The van der Waals surface area contributed by atoms with E-state index in [9.17, 15) is 4.79 Å². The lowest BCUT2D eigenvalue weighted by Gasteiger charge is -2.32. The molecule has 7 heteroatoms. The number of anilines is 1. The van der Waals surface area contributed by atoms with Crippen LogP contribution in [0, 0.1) is 5.92 Å². The van der Waals surface area contributed by atoms with Crippen molar-refractivity contribution in [2.45, 2.75) is 19.3 Å². The van der Waals surface area contributed by atoms with Crippen molar-refractivity contribution in [2.24, 2.45) is 5.92 Å². The van der Waals surface area contributed by atoms with Crippen LogP contribution in [0.4, 0.5) is 5.82 Å². The predicted molar refractivity (Wildman–Crippen MR) is 129 cm³/mol. The van der Waals surface area contributed by atoms with Crippen LogP contribution in [0.1, 0.15) is 18.4 Å². The van der Waals surface area contributed by atoms with E-state index >= 15 is 0 Å². The molecule has 1 aliphatic heterocycles. The zero-order chi connectivity index (χ0) is 23.0. The van der Waals surface area contributed by atoms with Gasteiger partial charge in [0.2, 0.25) is 5.91 Å². The minimum Gasteiger partial charge on any atom is -0.497 e. The minimum absolute atomic E-state index is 0.0295.